The number of nitrogens with zero attached hydrogens (tertiary/aromatic N) is 1. The maximum Gasteiger partial charge on any atom is 0.191 e. The minimum atomic E-state index is -2.95. The van der Waals surface area contributed by atoms with Gasteiger partial charge in [-0.1, -0.05) is 13.8 Å². The van der Waals surface area contributed by atoms with Crippen molar-refractivity contribution in [1.29, 1.82) is 0 Å². The van der Waals surface area contributed by atoms with Gasteiger partial charge in [0.2, 0.25) is 0 Å². The Kier molecular flexibility index (Phi) is 12.2. The van der Waals surface area contributed by atoms with Gasteiger partial charge in [0.05, 0.1) is 25.5 Å². The summed E-state index contributed by atoms with van der Waals surface area (Å²) in [5, 5.41) is 6.78. The van der Waals surface area contributed by atoms with Crippen LogP contribution in [0.1, 0.15) is 40.0 Å². The second-order valence-electron chi connectivity index (χ2n) is 6.76. The van der Waals surface area contributed by atoms with Crippen molar-refractivity contribution in [3.63, 3.8) is 0 Å². The van der Waals surface area contributed by atoms with Gasteiger partial charge in [0.25, 0.3) is 0 Å². The van der Waals surface area contributed by atoms with Crippen LogP contribution in [-0.2, 0) is 14.6 Å². The molecule has 0 aromatic carbocycles. The van der Waals surface area contributed by atoms with Crippen LogP contribution >= 0.6 is 24.0 Å². The number of nitrogens with one attached hydrogen (secondary N) is 2. The molecular formula is C16H34IN3O3S. The van der Waals surface area contributed by atoms with Gasteiger partial charge in [0.15, 0.2) is 5.96 Å². The Hall–Kier alpha value is -0.0900. The SMILES string of the molecule is CCNC(=NCCOCCS(C)(=O)=O)NC1CC(C)CC(C)C1.I. The van der Waals surface area contributed by atoms with Crippen LogP contribution in [0.2, 0.25) is 0 Å². The molecule has 24 heavy (non-hydrogen) atoms. The third-order valence-electron chi connectivity index (χ3n) is 3.97. The summed E-state index contributed by atoms with van der Waals surface area (Å²) in [6, 6.07) is 0.470. The van der Waals surface area contributed by atoms with E-state index in [0.29, 0.717) is 19.2 Å². The summed E-state index contributed by atoms with van der Waals surface area (Å²) >= 11 is 0. The molecule has 144 valence electrons. The first kappa shape index (κ1) is 23.9. The van der Waals surface area contributed by atoms with Gasteiger partial charge >= 0.3 is 0 Å². The smallest absolute Gasteiger partial charge is 0.191 e. The quantitative estimate of drug-likeness (QED) is 0.243. The molecule has 0 radical (unpaired) electrons. The topological polar surface area (TPSA) is 79.8 Å². The predicted octanol–water partition coefficient (Wildman–Crippen LogP) is 2.05. The van der Waals surface area contributed by atoms with Gasteiger partial charge in [-0.3, -0.25) is 4.99 Å². The monoisotopic (exact) mass is 475 g/mol. The van der Waals surface area contributed by atoms with Crippen molar-refractivity contribution >= 4 is 39.8 Å². The fourth-order valence-corrected chi connectivity index (χ4v) is 3.53. The summed E-state index contributed by atoms with van der Waals surface area (Å²) in [7, 11) is -2.95. The highest BCUT2D eigenvalue weighted by atomic mass is 127. The van der Waals surface area contributed by atoms with Crippen LogP contribution < -0.4 is 10.6 Å². The number of aliphatic imine (C=N–C) groups is 1. The van der Waals surface area contributed by atoms with Gasteiger partial charge in [-0.2, -0.15) is 0 Å². The van der Waals surface area contributed by atoms with Gasteiger partial charge in [-0.25, -0.2) is 8.42 Å². The highest BCUT2D eigenvalue weighted by Gasteiger charge is 2.24. The van der Waals surface area contributed by atoms with Crippen molar-refractivity contribution in [2.45, 2.75) is 46.1 Å². The van der Waals surface area contributed by atoms with Crippen molar-refractivity contribution in [2.24, 2.45) is 16.8 Å². The first-order chi connectivity index (χ1) is 10.8. The number of hydrogen-bond donors (Lipinski definition) is 2. The van der Waals surface area contributed by atoms with Gasteiger partial charge in [0.1, 0.15) is 9.84 Å². The number of rotatable bonds is 8. The first-order valence-electron chi connectivity index (χ1n) is 8.60. The molecule has 0 spiro atoms. The van der Waals surface area contributed by atoms with Crippen LogP contribution in [0, 0.1) is 11.8 Å². The molecule has 2 N–H and O–H groups in total. The molecule has 1 aliphatic rings. The van der Waals surface area contributed by atoms with E-state index < -0.39 is 9.84 Å². The van der Waals surface area contributed by atoms with Crippen LogP contribution in [0.25, 0.3) is 0 Å². The van der Waals surface area contributed by atoms with Crippen LogP contribution in [0.4, 0.5) is 0 Å². The molecule has 1 fully saturated rings. The standard InChI is InChI=1S/C16H33N3O3S.HI/c1-5-17-16(18-6-7-22-8-9-23(4,20)21)19-15-11-13(2)10-14(3)12-15;/h13-15H,5-12H2,1-4H3,(H2,17,18,19);1H. The van der Waals surface area contributed by atoms with Crippen molar-refractivity contribution < 1.29 is 13.2 Å². The molecule has 0 aliphatic heterocycles. The van der Waals surface area contributed by atoms with E-state index in [1.807, 2.05) is 6.92 Å². The Balaban J connectivity index is 0.00000529. The number of guanidine groups is 1. The largest absolute Gasteiger partial charge is 0.378 e. The molecule has 1 aliphatic carbocycles. The van der Waals surface area contributed by atoms with E-state index in [-0.39, 0.29) is 36.3 Å². The molecule has 1 saturated carbocycles. The fourth-order valence-electron chi connectivity index (χ4n) is 3.11. The zero-order valence-corrected chi connectivity index (χ0v) is 18.5. The lowest BCUT2D eigenvalue weighted by molar-refractivity contribution is 0.157. The van der Waals surface area contributed by atoms with Crippen LogP contribution in [0.5, 0.6) is 0 Å². The first-order valence-corrected chi connectivity index (χ1v) is 10.7. The molecule has 2 unspecified atom stereocenters. The Morgan fingerprint density at radius 3 is 2.33 bits per heavy atom. The van der Waals surface area contributed by atoms with E-state index in [9.17, 15) is 8.42 Å². The molecule has 0 amide bonds. The summed E-state index contributed by atoms with van der Waals surface area (Å²) in [5.41, 5.74) is 0. The Morgan fingerprint density at radius 2 is 1.79 bits per heavy atom. The number of halogens is 1. The zero-order valence-electron chi connectivity index (χ0n) is 15.4. The van der Waals surface area contributed by atoms with Crippen LogP contribution in [0.15, 0.2) is 4.99 Å². The zero-order chi connectivity index (χ0) is 17.3. The number of hydrogen-bond acceptors (Lipinski definition) is 4. The second kappa shape index (κ2) is 12.3. The van der Waals surface area contributed by atoms with Gasteiger partial charge in [-0.05, 0) is 38.0 Å². The third-order valence-corrected chi connectivity index (χ3v) is 4.88. The average Bonchev–Trinajstić information content (AvgIpc) is 2.40. The Bertz CT molecular complexity index is 461. The number of sulfone groups is 1. The maximum atomic E-state index is 11.0. The van der Waals surface area contributed by atoms with E-state index in [1.165, 1.54) is 25.5 Å². The third kappa shape index (κ3) is 11.5. The molecule has 0 aromatic rings. The summed E-state index contributed by atoms with van der Waals surface area (Å²) in [6.07, 6.45) is 4.88. The minimum absolute atomic E-state index is 0. The van der Waals surface area contributed by atoms with Gasteiger partial charge in [0, 0.05) is 18.8 Å². The molecule has 0 bridgehead atoms. The van der Waals surface area contributed by atoms with Crippen LogP contribution in [-0.4, -0.2) is 58.7 Å². The lowest BCUT2D eigenvalue weighted by Gasteiger charge is -2.32. The Labute approximate surface area is 164 Å². The fraction of sp³-hybridized carbons (Fsp3) is 0.938. The van der Waals surface area contributed by atoms with Crippen molar-refractivity contribution in [2.75, 3.05) is 38.3 Å². The van der Waals surface area contributed by atoms with Gasteiger partial charge < -0.3 is 15.4 Å². The lowest BCUT2D eigenvalue weighted by Crippen LogP contribution is -2.46. The highest BCUT2D eigenvalue weighted by molar-refractivity contribution is 14.0. The minimum Gasteiger partial charge on any atom is -0.378 e. The Morgan fingerprint density at radius 1 is 1.17 bits per heavy atom. The van der Waals surface area contributed by atoms with E-state index in [1.54, 1.807) is 0 Å². The second-order valence-corrected chi connectivity index (χ2v) is 9.02. The van der Waals surface area contributed by atoms with E-state index in [4.69, 9.17) is 4.74 Å². The molecule has 0 saturated heterocycles. The molecule has 2 atom stereocenters. The summed E-state index contributed by atoms with van der Waals surface area (Å²) in [4.78, 5) is 4.51. The summed E-state index contributed by atoms with van der Waals surface area (Å²) in [6.45, 7) is 8.68. The molecule has 1 rings (SSSR count). The molecule has 0 aromatic heterocycles. The molecule has 8 heteroatoms. The van der Waals surface area contributed by atoms with E-state index in [0.717, 1.165) is 24.3 Å². The molecule has 0 heterocycles. The van der Waals surface area contributed by atoms with Crippen LogP contribution in [0.3, 0.4) is 0 Å². The lowest BCUT2D eigenvalue weighted by atomic mass is 9.80. The molecule has 6 nitrogen and oxygen atoms in total. The summed E-state index contributed by atoms with van der Waals surface area (Å²) in [5.74, 6) is 2.38. The van der Waals surface area contributed by atoms with Crippen molar-refractivity contribution in [3.05, 3.63) is 0 Å². The van der Waals surface area contributed by atoms with E-state index >= 15 is 0 Å². The maximum absolute atomic E-state index is 11.0. The number of ether oxygens (including phenoxy) is 1. The average molecular weight is 475 g/mol. The summed E-state index contributed by atoms with van der Waals surface area (Å²) < 4.78 is 27.3. The normalized spacial score (nSPS) is 25.0. The predicted molar refractivity (Wildman–Crippen MR) is 111 cm³/mol. The van der Waals surface area contributed by atoms with Gasteiger partial charge in [-0.15, -0.1) is 24.0 Å². The molecular weight excluding hydrogens is 441 g/mol. The highest BCUT2D eigenvalue weighted by Crippen LogP contribution is 2.28. The van der Waals surface area contributed by atoms with Crippen molar-refractivity contribution in [1.82, 2.24) is 10.6 Å². The van der Waals surface area contributed by atoms with Crippen molar-refractivity contribution in [3.8, 4) is 0 Å². The van der Waals surface area contributed by atoms with E-state index in [2.05, 4.69) is 29.5 Å².